The summed E-state index contributed by atoms with van der Waals surface area (Å²) in [6.07, 6.45) is 1.90. The number of aliphatic hydroxyl groups excluding tert-OH is 1. The molecule has 1 heterocycles. The molecular formula is C13H13ClN4O2. The first-order chi connectivity index (χ1) is 9.58. The number of hydrogen-bond acceptors (Lipinski definition) is 5. The highest BCUT2D eigenvalue weighted by molar-refractivity contribution is 6.30. The molecule has 6 nitrogen and oxygen atoms in total. The molecule has 2 aromatic rings. The van der Waals surface area contributed by atoms with Crippen molar-refractivity contribution in [2.45, 2.75) is 6.10 Å². The van der Waals surface area contributed by atoms with Crippen LogP contribution in [-0.2, 0) is 0 Å². The summed E-state index contributed by atoms with van der Waals surface area (Å²) in [7, 11) is 0. The zero-order chi connectivity index (χ0) is 14.5. The van der Waals surface area contributed by atoms with Crippen molar-refractivity contribution in [3.63, 3.8) is 0 Å². The molecule has 0 aliphatic heterocycles. The number of carbonyl (C=O) groups is 1. The number of nitrogens with zero attached hydrogens (tertiary/aromatic N) is 2. The molecule has 0 bridgehead atoms. The van der Waals surface area contributed by atoms with Crippen LogP contribution in [0.3, 0.4) is 0 Å². The summed E-state index contributed by atoms with van der Waals surface area (Å²) in [6.45, 7) is 0.0230. The van der Waals surface area contributed by atoms with Crippen molar-refractivity contribution in [3.8, 4) is 0 Å². The molecule has 0 aliphatic carbocycles. The molecule has 2 rings (SSSR count). The van der Waals surface area contributed by atoms with Crippen LogP contribution in [0.5, 0.6) is 0 Å². The Kier molecular flexibility index (Phi) is 4.49. The number of rotatable bonds is 4. The summed E-state index contributed by atoms with van der Waals surface area (Å²) in [5.74, 6) is -0.445. The summed E-state index contributed by atoms with van der Waals surface area (Å²) in [5, 5.41) is 13.0. The summed E-state index contributed by atoms with van der Waals surface area (Å²) in [4.78, 5) is 19.4. The Bertz CT molecular complexity index is 621. The van der Waals surface area contributed by atoms with Crippen LogP contribution in [-0.4, -0.2) is 27.5 Å². The van der Waals surface area contributed by atoms with Crippen molar-refractivity contribution in [2.24, 2.45) is 0 Å². The Morgan fingerprint density at radius 1 is 1.40 bits per heavy atom. The fourth-order valence-corrected chi connectivity index (χ4v) is 1.83. The zero-order valence-electron chi connectivity index (χ0n) is 10.5. The number of benzene rings is 1. The lowest BCUT2D eigenvalue weighted by Crippen LogP contribution is -2.30. The van der Waals surface area contributed by atoms with Gasteiger partial charge in [0.25, 0.3) is 5.91 Å². The highest BCUT2D eigenvalue weighted by Gasteiger charge is 2.14. The SMILES string of the molecule is Nc1nccnc1C(=O)NC[C@H](O)c1cccc(Cl)c1. The number of nitrogen functional groups attached to an aromatic ring is 1. The summed E-state index contributed by atoms with van der Waals surface area (Å²) in [6, 6.07) is 6.79. The number of amides is 1. The van der Waals surface area contributed by atoms with Crippen LogP contribution in [0, 0.1) is 0 Å². The van der Waals surface area contributed by atoms with Gasteiger partial charge >= 0.3 is 0 Å². The Morgan fingerprint density at radius 3 is 2.85 bits per heavy atom. The van der Waals surface area contributed by atoms with Gasteiger partial charge in [-0.05, 0) is 17.7 Å². The summed E-state index contributed by atoms with van der Waals surface area (Å²) in [5.41, 5.74) is 6.19. The fourth-order valence-electron chi connectivity index (χ4n) is 1.63. The highest BCUT2D eigenvalue weighted by atomic mass is 35.5. The minimum absolute atomic E-state index is 0.0230. The van der Waals surface area contributed by atoms with Crippen molar-refractivity contribution in [1.29, 1.82) is 0 Å². The van der Waals surface area contributed by atoms with Gasteiger partial charge in [-0.1, -0.05) is 23.7 Å². The van der Waals surface area contributed by atoms with Crippen molar-refractivity contribution in [1.82, 2.24) is 15.3 Å². The zero-order valence-corrected chi connectivity index (χ0v) is 11.2. The second-order valence-electron chi connectivity index (χ2n) is 4.07. The maximum atomic E-state index is 11.8. The quantitative estimate of drug-likeness (QED) is 0.785. The highest BCUT2D eigenvalue weighted by Crippen LogP contribution is 2.17. The third kappa shape index (κ3) is 3.43. The fraction of sp³-hybridized carbons (Fsp3) is 0.154. The molecule has 1 atom stereocenters. The van der Waals surface area contributed by atoms with E-state index in [0.717, 1.165) is 0 Å². The van der Waals surface area contributed by atoms with Crippen molar-refractivity contribution < 1.29 is 9.90 Å². The normalized spacial score (nSPS) is 11.9. The van der Waals surface area contributed by atoms with Gasteiger partial charge in [-0.25, -0.2) is 9.97 Å². The number of hydrogen-bond donors (Lipinski definition) is 3. The van der Waals surface area contributed by atoms with Crippen LogP contribution in [0.1, 0.15) is 22.2 Å². The molecule has 7 heteroatoms. The van der Waals surface area contributed by atoms with Crippen LogP contribution in [0.15, 0.2) is 36.7 Å². The monoisotopic (exact) mass is 292 g/mol. The van der Waals surface area contributed by atoms with Gasteiger partial charge in [-0.15, -0.1) is 0 Å². The van der Waals surface area contributed by atoms with Gasteiger partial charge in [0.15, 0.2) is 11.5 Å². The Balaban J connectivity index is 1.99. The molecule has 0 fully saturated rings. The van der Waals surface area contributed by atoms with Gasteiger partial charge in [-0.2, -0.15) is 0 Å². The first-order valence-electron chi connectivity index (χ1n) is 5.86. The van der Waals surface area contributed by atoms with E-state index in [1.165, 1.54) is 12.4 Å². The van der Waals surface area contributed by atoms with Gasteiger partial charge in [-0.3, -0.25) is 4.79 Å². The minimum atomic E-state index is -0.865. The molecule has 1 aromatic carbocycles. The van der Waals surface area contributed by atoms with E-state index in [1.54, 1.807) is 24.3 Å². The second-order valence-corrected chi connectivity index (χ2v) is 4.51. The van der Waals surface area contributed by atoms with Gasteiger partial charge in [0.2, 0.25) is 0 Å². The predicted molar refractivity (Wildman–Crippen MR) is 75.2 cm³/mol. The average Bonchev–Trinajstić information content (AvgIpc) is 2.45. The van der Waals surface area contributed by atoms with E-state index in [-0.39, 0.29) is 18.1 Å². The Hall–Kier alpha value is -2.18. The van der Waals surface area contributed by atoms with Gasteiger partial charge in [0, 0.05) is 24.0 Å². The third-order valence-electron chi connectivity index (χ3n) is 2.63. The molecule has 0 saturated heterocycles. The largest absolute Gasteiger partial charge is 0.387 e. The lowest BCUT2D eigenvalue weighted by Gasteiger charge is -2.12. The molecule has 0 aliphatic rings. The first-order valence-corrected chi connectivity index (χ1v) is 6.24. The van der Waals surface area contributed by atoms with Crippen molar-refractivity contribution in [3.05, 3.63) is 52.9 Å². The standard InChI is InChI=1S/C13H13ClN4O2/c14-9-3-1-2-8(6-9)10(19)7-18-13(20)11-12(15)17-5-4-16-11/h1-6,10,19H,7H2,(H2,15,17)(H,18,20)/t10-/m0/s1. The number of aromatic nitrogens is 2. The average molecular weight is 293 g/mol. The lowest BCUT2D eigenvalue weighted by molar-refractivity contribution is 0.0912. The summed E-state index contributed by atoms with van der Waals surface area (Å²) < 4.78 is 0. The van der Waals surface area contributed by atoms with Crippen LogP contribution < -0.4 is 11.1 Å². The summed E-state index contributed by atoms with van der Waals surface area (Å²) >= 11 is 5.84. The van der Waals surface area contributed by atoms with Crippen LogP contribution >= 0.6 is 11.6 Å². The number of aliphatic hydroxyl groups is 1. The maximum Gasteiger partial charge on any atom is 0.273 e. The molecule has 4 N–H and O–H groups in total. The molecule has 104 valence electrons. The van der Waals surface area contributed by atoms with E-state index in [9.17, 15) is 9.90 Å². The molecule has 0 radical (unpaired) electrons. The predicted octanol–water partition coefficient (Wildman–Crippen LogP) is 1.18. The van der Waals surface area contributed by atoms with Gasteiger partial charge < -0.3 is 16.2 Å². The van der Waals surface area contributed by atoms with Gasteiger partial charge in [0.05, 0.1) is 6.10 Å². The molecule has 1 aromatic heterocycles. The Labute approximate surface area is 120 Å². The molecule has 0 saturated carbocycles. The van der Waals surface area contributed by atoms with Crippen LogP contribution in [0.2, 0.25) is 5.02 Å². The van der Waals surface area contributed by atoms with E-state index in [1.807, 2.05) is 0 Å². The van der Waals surface area contributed by atoms with E-state index < -0.39 is 12.0 Å². The van der Waals surface area contributed by atoms with Gasteiger partial charge in [0.1, 0.15) is 0 Å². The molecule has 1 amide bonds. The number of halogens is 1. The number of carbonyl (C=O) groups excluding carboxylic acids is 1. The molecule has 0 spiro atoms. The van der Waals surface area contributed by atoms with E-state index in [4.69, 9.17) is 17.3 Å². The molecular weight excluding hydrogens is 280 g/mol. The maximum absolute atomic E-state index is 11.8. The molecule has 20 heavy (non-hydrogen) atoms. The van der Waals surface area contributed by atoms with E-state index in [0.29, 0.717) is 10.6 Å². The van der Waals surface area contributed by atoms with E-state index >= 15 is 0 Å². The number of anilines is 1. The number of nitrogens with one attached hydrogen (secondary N) is 1. The van der Waals surface area contributed by atoms with Crippen LogP contribution in [0.4, 0.5) is 5.82 Å². The second kappa shape index (κ2) is 6.31. The minimum Gasteiger partial charge on any atom is -0.387 e. The topological polar surface area (TPSA) is 101 Å². The molecule has 0 unspecified atom stereocenters. The van der Waals surface area contributed by atoms with Crippen LogP contribution in [0.25, 0.3) is 0 Å². The van der Waals surface area contributed by atoms with E-state index in [2.05, 4.69) is 15.3 Å². The number of nitrogens with two attached hydrogens (primary N) is 1. The first kappa shape index (κ1) is 14.2. The van der Waals surface area contributed by atoms with Crippen molar-refractivity contribution in [2.75, 3.05) is 12.3 Å². The third-order valence-corrected chi connectivity index (χ3v) is 2.87. The smallest absolute Gasteiger partial charge is 0.273 e. The van der Waals surface area contributed by atoms with Crippen molar-refractivity contribution >= 4 is 23.3 Å². The Morgan fingerprint density at radius 2 is 2.15 bits per heavy atom. The lowest BCUT2D eigenvalue weighted by atomic mass is 10.1.